The Morgan fingerprint density at radius 3 is 2.07 bits per heavy atom. The topological polar surface area (TPSA) is 55.7 Å². The van der Waals surface area contributed by atoms with Gasteiger partial charge in [-0.15, -0.1) is 0 Å². The van der Waals surface area contributed by atoms with E-state index in [0.717, 1.165) is 11.1 Å². The van der Waals surface area contributed by atoms with E-state index in [9.17, 15) is 8.42 Å². The van der Waals surface area contributed by atoms with Crippen LogP contribution in [0, 0.1) is 18.8 Å². The monoisotopic (exact) mass is 375 g/mol. The lowest BCUT2D eigenvalue weighted by molar-refractivity contribution is 0.339. The fraction of sp³-hybridized carbons (Fsp3) is 0.0455. The molecule has 0 bridgehead atoms. The smallest absolute Gasteiger partial charge is 0.263 e. The third-order valence-corrected chi connectivity index (χ3v) is 4.80. The van der Waals surface area contributed by atoms with E-state index in [1.165, 1.54) is 12.1 Å². The van der Waals surface area contributed by atoms with E-state index in [1.54, 1.807) is 24.3 Å². The van der Waals surface area contributed by atoms with Crippen LogP contribution in [-0.4, -0.2) is 14.1 Å². The minimum Gasteiger partial charge on any atom is -0.263 e. The van der Waals surface area contributed by atoms with E-state index in [4.69, 9.17) is 4.28 Å². The van der Waals surface area contributed by atoms with Gasteiger partial charge in [-0.2, -0.15) is 8.42 Å². The molecule has 0 spiro atoms. The maximum atomic E-state index is 12.4. The number of oxime groups is 1. The fourth-order valence-electron chi connectivity index (χ4n) is 2.23. The average Bonchev–Trinajstić information content (AvgIpc) is 2.70. The summed E-state index contributed by atoms with van der Waals surface area (Å²) in [6, 6.07) is 24.8. The van der Waals surface area contributed by atoms with Crippen molar-refractivity contribution in [1.29, 1.82) is 0 Å². The van der Waals surface area contributed by atoms with Gasteiger partial charge in [0.25, 0.3) is 0 Å². The molecule has 0 atom stereocenters. The Kier molecular flexibility index (Phi) is 5.70. The van der Waals surface area contributed by atoms with Gasteiger partial charge in [0.05, 0.1) is 0 Å². The number of hydrogen-bond donors (Lipinski definition) is 0. The first kappa shape index (κ1) is 18.4. The largest absolute Gasteiger partial charge is 0.358 e. The predicted octanol–water partition coefficient (Wildman–Crippen LogP) is 4.16. The van der Waals surface area contributed by atoms with Crippen molar-refractivity contribution < 1.29 is 12.7 Å². The van der Waals surface area contributed by atoms with Crippen LogP contribution in [0.4, 0.5) is 0 Å². The van der Waals surface area contributed by atoms with E-state index < -0.39 is 10.1 Å². The molecule has 3 aromatic rings. The molecule has 0 fully saturated rings. The van der Waals surface area contributed by atoms with Crippen LogP contribution in [0.15, 0.2) is 95.0 Å². The summed E-state index contributed by atoms with van der Waals surface area (Å²) in [5.41, 5.74) is 2.65. The molecule has 0 heterocycles. The van der Waals surface area contributed by atoms with Gasteiger partial charge in [0, 0.05) is 11.1 Å². The number of nitrogens with zero attached hydrogens (tertiary/aromatic N) is 1. The van der Waals surface area contributed by atoms with E-state index in [-0.39, 0.29) is 10.6 Å². The first-order valence-corrected chi connectivity index (χ1v) is 9.66. The van der Waals surface area contributed by atoms with Gasteiger partial charge in [-0.1, -0.05) is 77.3 Å². The molecule has 0 radical (unpaired) electrons. The van der Waals surface area contributed by atoms with Gasteiger partial charge in [-0.05, 0) is 37.1 Å². The van der Waals surface area contributed by atoms with Gasteiger partial charge in [0.2, 0.25) is 0 Å². The molecule has 0 saturated heterocycles. The van der Waals surface area contributed by atoms with Crippen molar-refractivity contribution in [2.24, 2.45) is 5.16 Å². The van der Waals surface area contributed by atoms with E-state index in [2.05, 4.69) is 17.0 Å². The van der Waals surface area contributed by atoms with Crippen molar-refractivity contribution in [2.75, 3.05) is 0 Å². The Morgan fingerprint density at radius 1 is 0.852 bits per heavy atom. The molecule has 27 heavy (non-hydrogen) atoms. The Bertz CT molecular complexity index is 1090. The quantitative estimate of drug-likeness (QED) is 0.391. The molecular weight excluding hydrogens is 358 g/mol. The zero-order valence-corrected chi connectivity index (χ0v) is 15.5. The third kappa shape index (κ3) is 5.06. The third-order valence-electron chi connectivity index (χ3n) is 3.68. The number of rotatable bonds is 4. The molecule has 0 aliphatic rings. The maximum absolute atomic E-state index is 12.4. The summed E-state index contributed by atoms with van der Waals surface area (Å²) in [5, 5.41) is 3.83. The van der Waals surface area contributed by atoms with Crippen LogP contribution in [0.3, 0.4) is 0 Å². The molecule has 0 aromatic heterocycles. The van der Waals surface area contributed by atoms with Gasteiger partial charge < -0.3 is 0 Å². The molecule has 5 heteroatoms. The summed E-state index contributed by atoms with van der Waals surface area (Å²) in [6.07, 6.45) is 0. The second-order valence-corrected chi connectivity index (χ2v) is 7.29. The minimum atomic E-state index is -4.02. The number of benzene rings is 3. The number of hydrogen-bond acceptors (Lipinski definition) is 4. The van der Waals surface area contributed by atoms with Gasteiger partial charge in [-0.3, -0.25) is 4.28 Å². The Hall–Kier alpha value is -3.36. The van der Waals surface area contributed by atoms with Crippen LogP contribution >= 0.6 is 0 Å². The highest BCUT2D eigenvalue weighted by atomic mass is 32.2. The first-order valence-electron chi connectivity index (χ1n) is 8.25. The molecule has 0 saturated carbocycles. The maximum Gasteiger partial charge on any atom is 0.358 e. The van der Waals surface area contributed by atoms with Crippen molar-refractivity contribution in [3.05, 3.63) is 102 Å². The van der Waals surface area contributed by atoms with E-state index in [1.807, 2.05) is 55.5 Å². The number of aryl methyl sites for hydroxylation is 1. The molecule has 3 rings (SSSR count). The molecule has 0 aliphatic heterocycles. The summed E-state index contributed by atoms with van der Waals surface area (Å²) in [4.78, 5) is 0.0419. The zero-order chi connectivity index (χ0) is 19.1. The predicted molar refractivity (Wildman–Crippen MR) is 106 cm³/mol. The van der Waals surface area contributed by atoms with Crippen LogP contribution in [0.2, 0.25) is 0 Å². The highest BCUT2D eigenvalue weighted by molar-refractivity contribution is 7.86. The molecule has 0 amide bonds. The Balaban J connectivity index is 1.93. The SMILES string of the molecule is Cc1ccc(S(=O)(=O)O/N=C(/C#Cc2ccccc2)c2ccccc2)cc1. The van der Waals surface area contributed by atoms with Crippen molar-refractivity contribution in [3.8, 4) is 11.8 Å². The lowest BCUT2D eigenvalue weighted by atomic mass is 10.1. The van der Waals surface area contributed by atoms with Crippen molar-refractivity contribution in [2.45, 2.75) is 11.8 Å². The van der Waals surface area contributed by atoms with Crippen LogP contribution in [-0.2, 0) is 14.4 Å². The normalized spacial score (nSPS) is 11.4. The fourth-order valence-corrected chi connectivity index (χ4v) is 2.96. The van der Waals surface area contributed by atoms with Crippen molar-refractivity contribution in [3.63, 3.8) is 0 Å². The summed E-state index contributed by atoms with van der Waals surface area (Å²) in [5.74, 6) is 5.87. The Labute approximate surface area is 159 Å². The molecule has 0 aliphatic carbocycles. The zero-order valence-electron chi connectivity index (χ0n) is 14.7. The summed E-state index contributed by atoms with van der Waals surface area (Å²) >= 11 is 0. The van der Waals surface area contributed by atoms with Crippen molar-refractivity contribution >= 4 is 15.8 Å². The summed E-state index contributed by atoms with van der Waals surface area (Å²) < 4.78 is 29.7. The molecule has 134 valence electrons. The highest BCUT2D eigenvalue weighted by Gasteiger charge is 2.16. The van der Waals surface area contributed by atoms with Crippen LogP contribution in [0.1, 0.15) is 16.7 Å². The first-order chi connectivity index (χ1) is 13.0. The van der Waals surface area contributed by atoms with E-state index >= 15 is 0 Å². The second-order valence-electron chi connectivity index (χ2n) is 5.76. The lowest BCUT2D eigenvalue weighted by Crippen LogP contribution is -2.06. The van der Waals surface area contributed by atoms with Gasteiger partial charge >= 0.3 is 10.1 Å². The van der Waals surface area contributed by atoms with Crippen LogP contribution in [0.25, 0.3) is 0 Å². The van der Waals surface area contributed by atoms with Crippen LogP contribution in [0.5, 0.6) is 0 Å². The van der Waals surface area contributed by atoms with Gasteiger partial charge in [0.1, 0.15) is 4.90 Å². The molecule has 0 unspecified atom stereocenters. The van der Waals surface area contributed by atoms with Crippen molar-refractivity contribution in [1.82, 2.24) is 0 Å². The van der Waals surface area contributed by atoms with E-state index in [0.29, 0.717) is 5.56 Å². The summed E-state index contributed by atoms with van der Waals surface area (Å²) in [6.45, 7) is 1.88. The van der Waals surface area contributed by atoms with Gasteiger partial charge in [-0.25, -0.2) is 0 Å². The molecule has 3 aromatic carbocycles. The van der Waals surface area contributed by atoms with Crippen LogP contribution < -0.4 is 0 Å². The highest BCUT2D eigenvalue weighted by Crippen LogP contribution is 2.14. The average molecular weight is 375 g/mol. The van der Waals surface area contributed by atoms with Gasteiger partial charge in [0.15, 0.2) is 5.71 Å². The summed E-state index contributed by atoms with van der Waals surface area (Å²) in [7, 11) is -4.02. The second kappa shape index (κ2) is 8.35. The lowest BCUT2D eigenvalue weighted by Gasteiger charge is -2.03. The standard InChI is InChI=1S/C22H17NO3S/c1-18-12-15-21(16-13-18)27(24,25)26-23-22(20-10-6-3-7-11-20)17-14-19-8-4-2-5-9-19/h2-13,15-16H,1H3/b23-22-. The Morgan fingerprint density at radius 2 is 1.44 bits per heavy atom. The molecule has 4 nitrogen and oxygen atoms in total. The minimum absolute atomic E-state index is 0.0419. The molecular formula is C22H17NO3S. The molecule has 0 N–H and O–H groups in total.